The molecule has 2 aromatic rings. The van der Waals surface area contributed by atoms with Gasteiger partial charge in [-0.25, -0.2) is 4.39 Å². The maximum atomic E-state index is 13.2. The Balaban J connectivity index is 1.78. The summed E-state index contributed by atoms with van der Waals surface area (Å²) in [6, 6.07) is 15.2. The van der Waals surface area contributed by atoms with Crippen LogP contribution < -0.4 is 5.32 Å². The Morgan fingerprint density at radius 2 is 2.04 bits per heavy atom. The lowest BCUT2D eigenvalue weighted by Crippen LogP contribution is -2.45. The molecule has 0 bridgehead atoms. The van der Waals surface area contributed by atoms with Gasteiger partial charge >= 0.3 is 0 Å². The van der Waals surface area contributed by atoms with Gasteiger partial charge in [-0.2, -0.15) is 0 Å². The molecule has 0 unspecified atom stereocenters. The van der Waals surface area contributed by atoms with Crippen molar-refractivity contribution in [1.29, 1.82) is 0 Å². The molecule has 2 aromatic carbocycles. The van der Waals surface area contributed by atoms with Gasteiger partial charge in [-0.1, -0.05) is 48.0 Å². The second-order valence-corrected chi connectivity index (χ2v) is 7.40. The molecule has 1 aliphatic heterocycles. The minimum atomic E-state index is -0.225. The van der Waals surface area contributed by atoms with Crippen LogP contribution in [0.15, 0.2) is 61.2 Å². The summed E-state index contributed by atoms with van der Waals surface area (Å²) < 4.78 is 13.2. The first-order chi connectivity index (χ1) is 13.0. The summed E-state index contributed by atoms with van der Waals surface area (Å²) in [7, 11) is 0. The van der Waals surface area contributed by atoms with Crippen LogP contribution in [0.2, 0.25) is 0 Å². The van der Waals surface area contributed by atoms with Gasteiger partial charge in [0.15, 0.2) is 0 Å². The van der Waals surface area contributed by atoms with Gasteiger partial charge in [0.2, 0.25) is 5.91 Å². The fourth-order valence-corrected chi connectivity index (χ4v) is 3.84. The van der Waals surface area contributed by atoms with Gasteiger partial charge in [0.05, 0.1) is 5.92 Å². The van der Waals surface area contributed by atoms with Crippen LogP contribution in [0, 0.1) is 18.7 Å². The van der Waals surface area contributed by atoms with Crippen LogP contribution in [-0.4, -0.2) is 30.4 Å². The number of carbonyl (C=O) groups excluding carboxylic acids is 1. The minimum absolute atomic E-state index is 0.0651. The number of nitrogens with one attached hydrogen (secondary N) is 1. The lowest BCUT2D eigenvalue weighted by atomic mass is 9.83. The van der Waals surface area contributed by atoms with Crippen molar-refractivity contribution in [3.8, 4) is 0 Å². The fourth-order valence-electron chi connectivity index (χ4n) is 3.84. The molecule has 0 aliphatic carbocycles. The molecule has 1 aliphatic rings. The van der Waals surface area contributed by atoms with Crippen molar-refractivity contribution in [1.82, 2.24) is 10.2 Å². The standard InChI is InChI=1S/C23H27FN2O/c1-3-11-25-23(27)21-13-20(19-6-4-5-17(2)12-19)15-26(16-21)14-18-7-9-22(24)10-8-18/h3-10,12,20-21H,1,11,13-16H2,2H3,(H,25,27)/t20-,21+/m1/s1. The number of amides is 1. The Labute approximate surface area is 160 Å². The fraction of sp³-hybridized carbons (Fsp3) is 0.348. The summed E-state index contributed by atoms with van der Waals surface area (Å²) in [5.41, 5.74) is 3.57. The van der Waals surface area contributed by atoms with Gasteiger partial charge in [-0.05, 0) is 42.5 Å². The van der Waals surface area contributed by atoms with Gasteiger partial charge in [0.25, 0.3) is 0 Å². The van der Waals surface area contributed by atoms with Gasteiger partial charge in [0.1, 0.15) is 5.82 Å². The number of halogens is 1. The molecule has 142 valence electrons. The molecule has 1 heterocycles. The molecule has 3 rings (SSSR count). The number of benzene rings is 2. The molecule has 0 saturated carbocycles. The quantitative estimate of drug-likeness (QED) is 0.783. The molecule has 4 heteroatoms. The van der Waals surface area contributed by atoms with Gasteiger partial charge in [0, 0.05) is 26.2 Å². The zero-order valence-electron chi connectivity index (χ0n) is 15.8. The van der Waals surface area contributed by atoms with E-state index in [1.807, 2.05) is 12.1 Å². The van der Waals surface area contributed by atoms with Crippen molar-refractivity contribution in [2.75, 3.05) is 19.6 Å². The number of hydrogen-bond acceptors (Lipinski definition) is 2. The monoisotopic (exact) mass is 366 g/mol. The molecule has 1 saturated heterocycles. The first-order valence-corrected chi connectivity index (χ1v) is 9.47. The van der Waals surface area contributed by atoms with Crippen LogP contribution >= 0.6 is 0 Å². The Hall–Kier alpha value is -2.46. The van der Waals surface area contributed by atoms with E-state index >= 15 is 0 Å². The molecule has 0 spiro atoms. The van der Waals surface area contributed by atoms with E-state index in [1.165, 1.54) is 23.3 Å². The predicted molar refractivity (Wildman–Crippen MR) is 107 cm³/mol. The Bertz CT molecular complexity index is 787. The molecule has 0 aromatic heterocycles. The molecule has 2 atom stereocenters. The lowest BCUT2D eigenvalue weighted by Gasteiger charge is -2.37. The number of aryl methyl sites for hydroxylation is 1. The van der Waals surface area contributed by atoms with Crippen molar-refractivity contribution in [2.24, 2.45) is 5.92 Å². The van der Waals surface area contributed by atoms with E-state index < -0.39 is 0 Å². The average molecular weight is 366 g/mol. The van der Waals surface area contributed by atoms with Gasteiger partial charge < -0.3 is 5.32 Å². The number of piperidine rings is 1. The van der Waals surface area contributed by atoms with Crippen molar-refractivity contribution < 1.29 is 9.18 Å². The van der Waals surface area contributed by atoms with Crippen molar-refractivity contribution in [2.45, 2.75) is 25.8 Å². The molecule has 1 fully saturated rings. The SMILES string of the molecule is C=CCNC(=O)[C@H]1C[C@@H](c2cccc(C)c2)CN(Cc2ccc(F)cc2)C1. The van der Waals surface area contributed by atoms with Gasteiger partial charge in [-0.3, -0.25) is 9.69 Å². The van der Waals surface area contributed by atoms with Crippen molar-refractivity contribution in [3.63, 3.8) is 0 Å². The number of nitrogens with zero attached hydrogens (tertiary/aromatic N) is 1. The molecular weight excluding hydrogens is 339 g/mol. The summed E-state index contributed by atoms with van der Waals surface area (Å²) in [6.07, 6.45) is 2.54. The number of likely N-dealkylation sites (tertiary alicyclic amines) is 1. The average Bonchev–Trinajstić information content (AvgIpc) is 2.67. The van der Waals surface area contributed by atoms with E-state index in [1.54, 1.807) is 6.08 Å². The van der Waals surface area contributed by atoms with Gasteiger partial charge in [-0.15, -0.1) is 6.58 Å². The Morgan fingerprint density at radius 1 is 1.26 bits per heavy atom. The second-order valence-electron chi connectivity index (χ2n) is 7.40. The van der Waals surface area contributed by atoms with Crippen LogP contribution in [0.1, 0.15) is 29.0 Å². The molecule has 0 radical (unpaired) electrons. The van der Waals surface area contributed by atoms with Crippen molar-refractivity contribution >= 4 is 5.91 Å². The highest BCUT2D eigenvalue weighted by atomic mass is 19.1. The van der Waals surface area contributed by atoms with Crippen LogP contribution in [-0.2, 0) is 11.3 Å². The van der Waals surface area contributed by atoms with E-state index in [4.69, 9.17) is 0 Å². The van der Waals surface area contributed by atoms with Crippen LogP contribution in [0.3, 0.4) is 0 Å². The zero-order chi connectivity index (χ0) is 19.2. The summed E-state index contributed by atoms with van der Waals surface area (Å²) in [5.74, 6) is 0.0938. The largest absolute Gasteiger partial charge is 0.352 e. The molecule has 1 amide bonds. The molecule has 1 N–H and O–H groups in total. The predicted octanol–water partition coefficient (Wildman–Crippen LogP) is 4.04. The minimum Gasteiger partial charge on any atom is -0.352 e. The smallest absolute Gasteiger partial charge is 0.224 e. The summed E-state index contributed by atoms with van der Waals surface area (Å²) in [4.78, 5) is 14.9. The van der Waals surface area contributed by atoms with E-state index in [0.717, 1.165) is 18.5 Å². The summed E-state index contributed by atoms with van der Waals surface area (Å²) in [5, 5.41) is 2.94. The third-order valence-electron chi connectivity index (χ3n) is 5.15. The third-order valence-corrected chi connectivity index (χ3v) is 5.15. The summed E-state index contributed by atoms with van der Waals surface area (Å²) in [6.45, 7) is 8.58. The molecule has 3 nitrogen and oxygen atoms in total. The maximum Gasteiger partial charge on any atom is 0.224 e. The molecule has 27 heavy (non-hydrogen) atoms. The number of carbonyl (C=O) groups is 1. The topological polar surface area (TPSA) is 32.3 Å². The number of rotatable bonds is 6. The Morgan fingerprint density at radius 3 is 2.74 bits per heavy atom. The highest BCUT2D eigenvalue weighted by Crippen LogP contribution is 2.31. The second kappa shape index (κ2) is 8.96. The number of hydrogen-bond donors (Lipinski definition) is 1. The molecular formula is C23H27FN2O. The van der Waals surface area contributed by atoms with E-state index in [2.05, 4.69) is 48.0 Å². The zero-order valence-corrected chi connectivity index (χ0v) is 15.8. The highest BCUT2D eigenvalue weighted by molar-refractivity contribution is 5.79. The first kappa shape index (κ1) is 19.3. The summed E-state index contributed by atoms with van der Waals surface area (Å²) >= 11 is 0. The van der Waals surface area contributed by atoms with E-state index in [9.17, 15) is 9.18 Å². The van der Waals surface area contributed by atoms with E-state index in [0.29, 0.717) is 25.6 Å². The maximum absolute atomic E-state index is 13.2. The van der Waals surface area contributed by atoms with Crippen LogP contribution in [0.25, 0.3) is 0 Å². The highest BCUT2D eigenvalue weighted by Gasteiger charge is 2.32. The van der Waals surface area contributed by atoms with E-state index in [-0.39, 0.29) is 17.6 Å². The van der Waals surface area contributed by atoms with Crippen molar-refractivity contribution in [3.05, 3.63) is 83.7 Å². The normalized spacial score (nSPS) is 20.2. The Kier molecular flexibility index (Phi) is 6.40. The van der Waals surface area contributed by atoms with Crippen LogP contribution in [0.4, 0.5) is 4.39 Å². The van der Waals surface area contributed by atoms with Crippen LogP contribution in [0.5, 0.6) is 0 Å². The lowest BCUT2D eigenvalue weighted by molar-refractivity contribution is -0.126. The first-order valence-electron chi connectivity index (χ1n) is 9.47. The third kappa shape index (κ3) is 5.27.